The fourth-order valence-corrected chi connectivity index (χ4v) is 4.14. The number of hydrogen-bond donors (Lipinski definition) is 2. The van der Waals surface area contributed by atoms with Gasteiger partial charge in [0, 0.05) is 44.2 Å². The lowest BCUT2D eigenvalue weighted by Gasteiger charge is -2.29. The molecule has 2 saturated heterocycles. The van der Waals surface area contributed by atoms with Gasteiger partial charge in [0.05, 0.1) is 12.6 Å². The summed E-state index contributed by atoms with van der Waals surface area (Å²) in [6.07, 6.45) is -5.69. The number of alkyl halides is 3. The summed E-state index contributed by atoms with van der Waals surface area (Å²) in [6, 6.07) is 3.03. The quantitative estimate of drug-likeness (QED) is 0.709. The average molecular weight is 455 g/mol. The molecular formula is C19H24F3N7O3. The lowest BCUT2D eigenvalue weighted by Crippen LogP contribution is -2.48. The lowest BCUT2D eigenvalue weighted by atomic mass is 9.98. The molecule has 1 unspecified atom stereocenters. The number of likely N-dealkylation sites (tertiary alicyclic amines) is 1. The number of aromatic amines is 1. The van der Waals surface area contributed by atoms with Crippen LogP contribution >= 0.6 is 0 Å². The van der Waals surface area contributed by atoms with Crippen molar-refractivity contribution in [2.75, 3.05) is 37.0 Å². The number of fused-ring (bicyclic) bond motifs is 1. The fraction of sp³-hybridized carbons (Fsp3) is 0.579. The molecule has 0 radical (unpaired) electrons. The average Bonchev–Trinajstić information content (AvgIpc) is 3.42. The van der Waals surface area contributed by atoms with Gasteiger partial charge in [-0.15, -0.1) is 0 Å². The molecule has 4 heterocycles. The Hall–Kier alpha value is -3.09. The molecule has 32 heavy (non-hydrogen) atoms. The monoisotopic (exact) mass is 455 g/mol. The summed E-state index contributed by atoms with van der Waals surface area (Å²) in [6.45, 7) is 3.57. The molecule has 1 amide bonds. The van der Waals surface area contributed by atoms with Crippen LogP contribution in [-0.4, -0.2) is 81.8 Å². The predicted molar refractivity (Wildman–Crippen MR) is 108 cm³/mol. The number of ether oxygens (including phenoxy) is 2. The Balaban J connectivity index is 1.53. The number of amides is 1. The number of halogens is 3. The summed E-state index contributed by atoms with van der Waals surface area (Å²) >= 11 is 0. The first kappa shape index (κ1) is 22.1. The van der Waals surface area contributed by atoms with Crippen LogP contribution in [0.4, 0.5) is 35.5 Å². The van der Waals surface area contributed by atoms with Crippen LogP contribution in [0.5, 0.6) is 0 Å². The van der Waals surface area contributed by atoms with E-state index in [0.717, 1.165) is 6.92 Å². The second-order valence-electron chi connectivity index (χ2n) is 7.96. The van der Waals surface area contributed by atoms with Crippen LogP contribution in [0.3, 0.4) is 0 Å². The number of methoxy groups -OCH3 is 1. The third-order valence-electron chi connectivity index (χ3n) is 5.87. The van der Waals surface area contributed by atoms with Crippen molar-refractivity contribution in [3.05, 3.63) is 24.0 Å². The molecule has 4 rings (SSSR count). The van der Waals surface area contributed by atoms with E-state index < -0.39 is 30.0 Å². The number of aromatic nitrogens is 4. The molecule has 174 valence electrons. The van der Waals surface area contributed by atoms with Crippen molar-refractivity contribution < 1.29 is 27.4 Å². The Kier molecular flexibility index (Phi) is 5.61. The Morgan fingerprint density at radius 3 is 2.81 bits per heavy atom. The molecule has 0 bridgehead atoms. The molecule has 0 saturated carbocycles. The smallest absolute Gasteiger partial charge is 0.425 e. The summed E-state index contributed by atoms with van der Waals surface area (Å²) in [7, 11) is 1.53. The molecule has 2 N–H and O–H groups in total. The van der Waals surface area contributed by atoms with Gasteiger partial charge in [0.25, 0.3) is 0 Å². The molecule has 2 aliphatic heterocycles. The number of anilines is 3. The maximum absolute atomic E-state index is 12.8. The molecule has 3 atom stereocenters. The van der Waals surface area contributed by atoms with E-state index in [-0.39, 0.29) is 6.54 Å². The predicted octanol–water partition coefficient (Wildman–Crippen LogP) is 2.62. The molecule has 0 aromatic carbocycles. The highest BCUT2D eigenvalue weighted by molar-refractivity contribution is 5.70. The normalized spacial score (nSPS) is 23.9. The van der Waals surface area contributed by atoms with Crippen molar-refractivity contribution in [1.29, 1.82) is 0 Å². The first-order valence-corrected chi connectivity index (χ1v) is 10.1. The summed E-state index contributed by atoms with van der Waals surface area (Å²) in [4.78, 5) is 24.7. The number of carbonyl (C=O) groups is 1. The van der Waals surface area contributed by atoms with Gasteiger partial charge in [-0.05, 0) is 20.3 Å². The van der Waals surface area contributed by atoms with Crippen LogP contribution in [0.15, 0.2) is 18.3 Å². The third kappa shape index (κ3) is 4.16. The minimum absolute atomic E-state index is 0.246. The summed E-state index contributed by atoms with van der Waals surface area (Å²) in [5.41, 5.74) is -0.0320. The van der Waals surface area contributed by atoms with Crippen molar-refractivity contribution in [2.24, 2.45) is 0 Å². The maximum Gasteiger partial charge on any atom is 0.425 e. The molecule has 2 aliphatic rings. The van der Waals surface area contributed by atoms with Crippen LogP contribution < -0.4 is 10.2 Å². The molecule has 13 heteroatoms. The Morgan fingerprint density at radius 2 is 2.16 bits per heavy atom. The van der Waals surface area contributed by atoms with Crippen LogP contribution in [0, 0.1) is 6.92 Å². The van der Waals surface area contributed by atoms with E-state index in [4.69, 9.17) is 4.74 Å². The maximum atomic E-state index is 12.8. The summed E-state index contributed by atoms with van der Waals surface area (Å²) in [5.74, 6) is 1.55. The van der Waals surface area contributed by atoms with Crippen LogP contribution in [-0.2, 0) is 9.47 Å². The number of carbonyl (C=O) groups excluding carboxylic acids is 1. The van der Waals surface area contributed by atoms with E-state index in [1.165, 1.54) is 12.0 Å². The topological polar surface area (TPSA) is 108 Å². The van der Waals surface area contributed by atoms with Crippen molar-refractivity contribution in [3.8, 4) is 0 Å². The standard InChI is InChI=1S/C19H24F3N7O3/c1-11-8-15(25-14-4-6-23-27-14)26-16(24-11)28-9-13-18(10-28,31-3)5-7-29(13)17(30)32-12(2)19(20,21)22/h4,6,8,12-13H,5,7,9-10H2,1-3H3,(H2,23,24,25,26,27)/t12?,13-,18-/m1/s1. The largest absolute Gasteiger partial charge is 0.437 e. The van der Waals surface area contributed by atoms with Crippen molar-refractivity contribution >= 4 is 23.7 Å². The first-order valence-electron chi connectivity index (χ1n) is 10.1. The van der Waals surface area contributed by atoms with Gasteiger partial charge in [-0.1, -0.05) is 0 Å². The van der Waals surface area contributed by atoms with Gasteiger partial charge < -0.3 is 24.6 Å². The number of nitrogens with zero attached hydrogens (tertiary/aromatic N) is 5. The molecule has 2 aromatic rings. The van der Waals surface area contributed by atoms with E-state index in [9.17, 15) is 18.0 Å². The summed E-state index contributed by atoms with van der Waals surface area (Å²) in [5, 5.41) is 9.83. The Bertz CT molecular complexity index is 972. The van der Waals surface area contributed by atoms with Gasteiger partial charge in [0.1, 0.15) is 11.4 Å². The van der Waals surface area contributed by atoms with Crippen LogP contribution in [0.25, 0.3) is 0 Å². The summed E-state index contributed by atoms with van der Waals surface area (Å²) < 4.78 is 49.0. The molecule has 0 aliphatic carbocycles. The van der Waals surface area contributed by atoms with Gasteiger partial charge in [0.15, 0.2) is 11.9 Å². The number of rotatable bonds is 5. The Morgan fingerprint density at radius 1 is 1.38 bits per heavy atom. The van der Waals surface area contributed by atoms with Crippen LogP contribution in [0.2, 0.25) is 0 Å². The number of H-pyrrole nitrogens is 1. The van der Waals surface area contributed by atoms with E-state index in [0.29, 0.717) is 42.8 Å². The van der Waals surface area contributed by atoms with Gasteiger partial charge >= 0.3 is 12.3 Å². The zero-order valence-electron chi connectivity index (χ0n) is 17.8. The number of aryl methyl sites for hydroxylation is 1. The molecular weight excluding hydrogens is 431 g/mol. The van der Waals surface area contributed by atoms with Gasteiger partial charge in [-0.25, -0.2) is 9.78 Å². The second-order valence-corrected chi connectivity index (χ2v) is 7.96. The molecule has 0 spiro atoms. The highest BCUT2D eigenvalue weighted by Gasteiger charge is 2.57. The third-order valence-corrected chi connectivity index (χ3v) is 5.87. The lowest BCUT2D eigenvalue weighted by molar-refractivity contribution is -0.200. The number of nitrogens with one attached hydrogen (secondary N) is 2. The minimum Gasteiger partial charge on any atom is -0.437 e. The highest BCUT2D eigenvalue weighted by Crippen LogP contribution is 2.40. The molecule has 2 fully saturated rings. The molecule has 2 aromatic heterocycles. The SMILES string of the molecule is CO[C@@]12CCN(C(=O)OC(C)C(F)(F)F)[C@@H]1CN(c1nc(C)cc(Nc3cc[nH]n3)n1)C2. The van der Waals surface area contributed by atoms with Gasteiger partial charge in [0.2, 0.25) is 5.95 Å². The van der Waals surface area contributed by atoms with E-state index in [1.54, 1.807) is 18.3 Å². The van der Waals surface area contributed by atoms with Crippen molar-refractivity contribution in [1.82, 2.24) is 25.1 Å². The Labute approximate surface area is 182 Å². The van der Waals surface area contributed by atoms with E-state index in [1.807, 2.05) is 11.8 Å². The van der Waals surface area contributed by atoms with Gasteiger partial charge in [-0.2, -0.15) is 23.3 Å². The zero-order chi connectivity index (χ0) is 23.1. The van der Waals surface area contributed by atoms with E-state index in [2.05, 4.69) is 30.2 Å². The number of hydrogen-bond acceptors (Lipinski definition) is 8. The highest BCUT2D eigenvalue weighted by atomic mass is 19.4. The molecule has 10 nitrogen and oxygen atoms in total. The van der Waals surface area contributed by atoms with Crippen LogP contribution in [0.1, 0.15) is 19.0 Å². The van der Waals surface area contributed by atoms with Gasteiger partial charge in [-0.3, -0.25) is 5.10 Å². The van der Waals surface area contributed by atoms with Crippen molar-refractivity contribution in [2.45, 2.75) is 44.2 Å². The second kappa shape index (κ2) is 8.11. The van der Waals surface area contributed by atoms with E-state index >= 15 is 0 Å². The first-order chi connectivity index (χ1) is 15.1. The fourth-order valence-electron chi connectivity index (χ4n) is 4.14. The minimum atomic E-state index is -4.62. The zero-order valence-corrected chi connectivity index (χ0v) is 17.8. The van der Waals surface area contributed by atoms with Crippen molar-refractivity contribution in [3.63, 3.8) is 0 Å².